The van der Waals surface area contributed by atoms with Gasteiger partial charge in [0.25, 0.3) is 5.56 Å². The molecule has 116 valence electrons. The summed E-state index contributed by atoms with van der Waals surface area (Å²) in [5.74, 6) is 0. The van der Waals surface area contributed by atoms with E-state index in [1.165, 1.54) is 30.2 Å². The predicted molar refractivity (Wildman–Crippen MR) is 92.8 cm³/mol. The van der Waals surface area contributed by atoms with Gasteiger partial charge in [-0.1, -0.05) is 35.5 Å². The van der Waals surface area contributed by atoms with Gasteiger partial charge in [-0.05, 0) is 24.5 Å². The van der Waals surface area contributed by atoms with Gasteiger partial charge in [0.1, 0.15) is 11.8 Å². The molecule has 0 atom stereocenters. The number of benzene rings is 1. The second-order valence-electron chi connectivity index (χ2n) is 4.65. The van der Waals surface area contributed by atoms with Crippen LogP contribution in [0.5, 0.6) is 0 Å². The zero-order chi connectivity index (χ0) is 16.4. The molecule has 0 spiro atoms. The average molecular weight is 347 g/mol. The molecule has 0 saturated heterocycles. The normalized spacial score (nSPS) is 11.8. The number of hydrogen-bond acceptors (Lipinski definition) is 5. The number of nitrogens with one attached hydrogen (secondary N) is 1. The molecule has 0 bridgehead atoms. The molecule has 0 radical (unpaired) electrons. The Bertz CT molecular complexity index is 1020. The summed E-state index contributed by atoms with van der Waals surface area (Å²) in [5, 5.41) is 1.10. The minimum absolute atomic E-state index is 0.189. The van der Waals surface area contributed by atoms with E-state index in [0.29, 0.717) is 27.4 Å². The van der Waals surface area contributed by atoms with E-state index in [-0.39, 0.29) is 16.0 Å². The molecule has 0 aliphatic rings. The third-order valence-electron chi connectivity index (χ3n) is 3.15. The van der Waals surface area contributed by atoms with Gasteiger partial charge in [0.2, 0.25) is 0 Å². The van der Waals surface area contributed by atoms with Crippen molar-refractivity contribution in [1.82, 2.24) is 9.97 Å². The van der Waals surface area contributed by atoms with Crippen LogP contribution >= 0.6 is 23.4 Å². The Labute approximate surface area is 140 Å². The maximum Gasteiger partial charge on any atom is 0.252 e. The zero-order valence-electron chi connectivity index (χ0n) is 12.0. The van der Waals surface area contributed by atoms with Gasteiger partial charge in [-0.15, -0.1) is 0 Å². The molecule has 7 heteroatoms. The Morgan fingerprint density at radius 3 is 2.91 bits per heavy atom. The number of halogens is 1. The number of thioether (sulfide) groups is 1. The van der Waals surface area contributed by atoms with Crippen molar-refractivity contribution in [3.63, 3.8) is 0 Å². The molecule has 0 aliphatic carbocycles. The number of fused-ring (bicyclic) bond motifs is 1. The van der Waals surface area contributed by atoms with Crippen LogP contribution in [0.15, 0.2) is 55.8 Å². The number of rotatable bonds is 3. The molecule has 1 aromatic carbocycles. The molecule has 5 nitrogen and oxygen atoms in total. The average Bonchev–Trinajstić information content (AvgIpc) is 2.57. The van der Waals surface area contributed by atoms with E-state index in [1.54, 1.807) is 30.5 Å². The first-order valence-corrected chi connectivity index (χ1v) is 8.22. The molecule has 0 saturated carbocycles. The number of nitrogens with zero attached hydrogens (tertiary/aromatic N) is 1. The molecule has 23 heavy (non-hydrogen) atoms. The van der Waals surface area contributed by atoms with Gasteiger partial charge < -0.3 is 9.40 Å². The lowest BCUT2D eigenvalue weighted by Crippen LogP contribution is -2.09. The van der Waals surface area contributed by atoms with Crippen LogP contribution in [0.4, 0.5) is 0 Å². The highest BCUT2D eigenvalue weighted by Crippen LogP contribution is 2.21. The first-order chi connectivity index (χ1) is 11.1. The molecule has 2 heterocycles. The highest BCUT2D eigenvalue weighted by Gasteiger charge is 2.08. The van der Waals surface area contributed by atoms with Crippen LogP contribution in [0.25, 0.3) is 22.1 Å². The minimum Gasteiger partial charge on any atom is -0.463 e. The fourth-order valence-corrected chi connectivity index (χ4v) is 2.66. The first kappa shape index (κ1) is 15.6. The second kappa shape index (κ2) is 6.44. The summed E-state index contributed by atoms with van der Waals surface area (Å²) in [6.45, 7) is 0. The fraction of sp³-hybridized carbons (Fsp3) is 0.0625. The summed E-state index contributed by atoms with van der Waals surface area (Å²) < 4.78 is 5.43. The smallest absolute Gasteiger partial charge is 0.252 e. The number of hydrogen-bond donors (Lipinski definition) is 1. The van der Waals surface area contributed by atoms with E-state index >= 15 is 0 Å². The summed E-state index contributed by atoms with van der Waals surface area (Å²) in [7, 11) is 0. The number of para-hydroxylation sites is 1. The van der Waals surface area contributed by atoms with Crippen LogP contribution in [0.2, 0.25) is 0 Å². The van der Waals surface area contributed by atoms with Crippen LogP contribution in [0, 0.1) is 0 Å². The molecule has 2 aromatic heterocycles. The molecule has 1 N–H and O–H groups in total. The summed E-state index contributed by atoms with van der Waals surface area (Å²) in [6, 6.07) is 8.23. The highest BCUT2D eigenvalue weighted by atomic mass is 35.5. The number of aromatic nitrogens is 2. The third kappa shape index (κ3) is 3.23. The largest absolute Gasteiger partial charge is 0.463 e. The van der Waals surface area contributed by atoms with Gasteiger partial charge in [-0.3, -0.25) is 9.59 Å². The van der Waals surface area contributed by atoms with E-state index in [4.69, 9.17) is 16.0 Å². The summed E-state index contributed by atoms with van der Waals surface area (Å²) in [4.78, 5) is 30.8. The van der Waals surface area contributed by atoms with E-state index in [1.807, 2.05) is 0 Å². The van der Waals surface area contributed by atoms with Gasteiger partial charge in [-0.25, -0.2) is 4.98 Å². The lowest BCUT2D eigenvalue weighted by atomic mass is 10.1. The van der Waals surface area contributed by atoms with Crippen molar-refractivity contribution in [2.75, 3.05) is 6.26 Å². The summed E-state index contributed by atoms with van der Waals surface area (Å²) in [6.07, 6.45) is 4.58. The van der Waals surface area contributed by atoms with Crippen LogP contribution in [0.1, 0.15) is 11.3 Å². The topological polar surface area (TPSA) is 76.0 Å². The van der Waals surface area contributed by atoms with Crippen LogP contribution in [-0.2, 0) is 0 Å². The second-order valence-corrected chi connectivity index (χ2v) is 5.85. The van der Waals surface area contributed by atoms with Crippen LogP contribution in [0.3, 0.4) is 0 Å². The highest BCUT2D eigenvalue weighted by molar-refractivity contribution is 7.98. The van der Waals surface area contributed by atoms with Crippen molar-refractivity contribution in [1.29, 1.82) is 0 Å². The maximum absolute atomic E-state index is 12.4. The van der Waals surface area contributed by atoms with E-state index in [0.717, 1.165) is 0 Å². The maximum atomic E-state index is 12.4. The van der Waals surface area contributed by atoms with Gasteiger partial charge in [-0.2, -0.15) is 0 Å². The van der Waals surface area contributed by atoms with Crippen molar-refractivity contribution < 1.29 is 4.42 Å². The van der Waals surface area contributed by atoms with E-state index in [2.05, 4.69) is 9.97 Å². The Kier molecular flexibility index (Phi) is 4.36. The third-order valence-corrected chi connectivity index (χ3v) is 4.03. The van der Waals surface area contributed by atoms with Gasteiger partial charge >= 0.3 is 0 Å². The Morgan fingerprint density at radius 1 is 1.35 bits per heavy atom. The molecule has 3 rings (SSSR count). The molecule has 3 aromatic rings. The van der Waals surface area contributed by atoms with Crippen molar-refractivity contribution in [2.24, 2.45) is 0 Å². The Morgan fingerprint density at radius 2 is 2.13 bits per heavy atom. The molecule has 0 fully saturated rings. The molecule has 0 amide bonds. The molecular formula is C16H11ClN2O3S. The van der Waals surface area contributed by atoms with Crippen LogP contribution in [-0.4, -0.2) is 16.2 Å². The fourth-order valence-electron chi connectivity index (χ4n) is 2.06. The molecule has 0 aliphatic heterocycles. The van der Waals surface area contributed by atoms with Crippen LogP contribution < -0.4 is 11.0 Å². The van der Waals surface area contributed by atoms with Crippen molar-refractivity contribution in [2.45, 2.75) is 5.16 Å². The monoisotopic (exact) mass is 346 g/mol. The number of H-pyrrole nitrogens is 1. The number of aromatic amines is 1. The Hall–Kier alpha value is -2.31. The SMILES string of the molecule is CSc1nc(/C(Cl)=C/c2coc3ccccc3c2=O)cc(=O)[nH]1. The van der Waals surface area contributed by atoms with Crippen molar-refractivity contribution in [3.05, 3.63) is 68.4 Å². The van der Waals surface area contributed by atoms with Crippen molar-refractivity contribution >= 4 is 45.4 Å². The zero-order valence-corrected chi connectivity index (χ0v) is 13.6. The van der Waals surface area contributed by atoms with Gasteiger partial charge in [0.15, 0.2) is 10.6 Å². The van der Waals surface area contributed by atoms with E-state index < -0.39 is 0 Å². The molecule has 0 unspecified atom stereocenters. The van der Waals surface area contributed by atoms with E-state index in [9.17, 15) is 9.59 Å². The predicted octanol–water partition coefficient (Wildman–Crippen LogP) is 3.34. The summed E-state index contributed by atoms with van der Waals surface area (Å²) >= 11 is 7.51. The lowest BCUT2D eigenvalue weighted by Gasteiger charge is -2.02. The summed E-state index contributed by atoms with van der Waals surface area (Å²) in [5.41, 5.74) is 0.593. The van der Waals surface area contributed by atoms with Crippen molar-refractivity contribution in [3.8, 4) is 0 Å². The standard InChI is InChI=1S/C16H11ClN2O3S/c1-23-16-18-12(7-14(20)19-16)11(17)6-9-8-22-13-5-3-2-4-10(13)15(9)21/h2-8H,1H3,(H,18,19,20)/b11-6-. The minimum atomic E-state index is -0.309. The first-order valence-electron chi connectivity index (χ1n) is 6.62. The molecular weight excluding hydrogens is 336 g/mol. The quantitative estimate of drug-likeness (QED) is 0.581. The van der Waals surface area contributed by atoms with Gasteiger partial charge in [0.05, 0.1) is 21.7 Å². The Balaban J connectivity index is 2.11. The van der Waals surface area contributed by atoms with Gasteiger partial charge in [0, 0.05) is 6.07 Å². The lowest BCUT2D eigenvalue weighted by molar-refractivity contribution is 0.601.